The third kappa shape index (κ3) is 6.90. The van der Waals surface area contributed by atoms with Gasteiger partial charge in [-0.15, -0.1) is 12.4 Å². The largest absolute Gasteiger partial charge is 0.436 e. The molecule has 2 amide bonds. The number of aromatic nitrogens is 2. The highest BCUT2D eigenvalue weighted by Crippen LogP contribution is 2.39. The fraction of sp³-hybridized carbons (Fsp3) is 0.167. The minimum atomic E-state index is -0.282. The summed E-state index contributed by atoms with van der Waals surface area (Å²) in [6.45, 7) is 1.37. The fourth-order valence-electron chi connectivity index (χ4n) is 4.29. The normalized spacial score (nSPS) is 10.8. The van der Waals surface area contributed by atoms with E-state index in [1.807, 2.05) is 93.0 Å². The quantitative estimate of drug-likeness (QED) is 0.170. The number of fused-ring (bicyclic) bond motifs is 1. The Labute approximate surface area is 244 Å². The first-order valence-corrected chi connectivity index (χ1v) is 13.0. The first kappa shape index (κ1) is 28.9. The van der Waals surface area contributed by atoms with Crippen LogP contribution in [0.15, 0.2) is 89.6 Å². The van der Waals surface area contributed by atoms with Crippen LogP contribution in [0.25, 0.3) is 22.4 Å². The van der Waals surface area contributed by atoms with Crippen LogP contribution >= 0.6 is 24.0 Å². The average Bonchev–Trinajstić information content (AvgIpc) is 3.28. The van der Waals surface area contributed by atoms with Crippen LogP contribution in [0.1, 0.15) is 11.1 Å². The number of carbonyl (C=O) groups is 1. The van der Waals surface area contributed by atoms with E-state index in [0.717, 1.165) is 35.3 Å². The Morgan fingerprint density at radius 1 is 0.925 bits per heavy atom. The molecular weight excluding hydrogens is 547 g/mol. The van der Waals surface area contributed by atoms with Crippen molar-refractivity contribution in [1.82, 2.24) is 14.9 Å². The Morgan fingerprint density at radius 3 is 2.40 bits per heavy atom. The summed E-state index contributed by atoms with van der Waals surface area (Å²) >= 11 is 6.68. The van der Waals surface area contributed by atoms with E-state index in [0.29, 0.717) is 39.9 Å². The molecule has 0 atom stereocenters. The van der Waals surface area contributed by atoms with Crippen molar-refractivity contribution in [2.24, 2.45) is 0 Å². The zero-order valence-electron chi connectivity index (χ0n) is 22.1. The van der Waals surface area contributed by atoms with Gasteiger partial charge in [-0.3, -0.25) is 0 Å². The van der Waals surface area contributed by atoms with E-state index < -0.39 is 0 Å². The minimum absolute atomic E-state index is 0. The van der Waals surface area contributed by atoms with E-state index in [1.165, 1.54) is 6.33 Å². The molecule has 0 aliphatic carbocycles. The van der Waals surface area contributed by atoms with Crippen LogP contribution in [0.5, 0.6) is 0 Å². The molecule has 5 rings (SSSR count). The predicted molar refractivity (Wildman–Crippen MR) is 165 cm³/mol. The van der Waals surface area contributed by atoms with E-state index >= 15 is 0 Å². The van der Waals surface area contributed by atoms with Gasteiger partial charge in [0.1, 0.15) is 22.6 Å². The Hall–Kier alpha value is -4.11. The monoisotopic (exact) mass is 576 g/mol. The molecule has 0 spiro atoms. The Balaban J connectivity index is 0.00000370. The molecule has 2 aromatic heterocycles. The number of rotatable bonds is 9. The summed E-state index contributed by atoms with van der Waals surface area (Å²) in [6, 6.07) is 25.0. The summed E-state index contributed by atoms with van der Waals surface area (Å²) in [5.74, 6) is 1.20. The second-order valence-electron chi connectivity index (χ2n) is 9.36. The summed E-state index contributed by atoms with van der Waals surface area (Å²) < 4.78 is 5.93. The highest BCUT2D eigenvalue weighted by atomic mass is 35.5. The molecule has 0 saturated carbocycles. The maximum Gasteiger partial charge on any atom is 0.323 e. The smallest absolute Gasteiger partial charge is 0.323 e. The number of halogens is 2. The number of carbonyl (C=O) groups excluding carboxylic acids is 1. The van der Waals surface area contributed by atoms with E-state index in [1.54, 1.807) is 0 Å². The molecule has 0 saturated heterocycles. The van der Waals surface area contributed by atoms with Crippen LogP contribution in [-0.4, -0.2) is 41.5 Å². The highest BCUT2D eigenvalue weighted by molar-refractivity contribution is 6.38. The number of furan rings is 1. The summed E-state index contributed by atoms with van der Waals surface area (Å²) in [6.07, 6.45) is 2.21. The van der Waals surface area contributed by atoms with Crippen LogP contribution in [0.3, 0.4) is 0 Å². The Morgan fingerprint density at radius 2 is 1.65 bits per heavy atom. The van der Waals surface area contributed by atoms with Gasteiger partial charge < -0.3 is 25.3 Å². The number of benzene rings is 3. The number of anilines is 3. The standard InChI is InChI=1S/C30H29ClN6O2.ClH/c1-37(2)18-22-10-6-7-11-24(22)36-30(38)35-23-14-12-20(13-15-23)16-17-32-28-25-26(31)27(21-8-4-3-5-9-21)39-29(25)34-19-33-28;/h3-15,19H,16-18H2,1-2H3,(H,32,33,34)(H2,35,36,38);1H. The van der Waals surface area contributed by atoms with Crippen molar-refractivity contribution in [2.75, 3.05) is 36.6 Å². The zero-order chi connectivity index (χ0) is 27.2. The maximum absolute atomic E-state index is 12.6. The van der Waals surface area contributed by atoms with Gasteiger partial charge in [0.05, 0.1) is 0 Å². The molecule has 2 heterocycles. The molecule has 0 aliphatic rings. The summed E-state index contributed by atoms with van der Waals surface area (Å²) in [5.41, 5.74) is 4.98. The SMILES string of the molecule is CN(C)Cc1ccccc1NC(=O)Nc1ccc(CCNc2ncnc3oc(-c4ccccc4)c(Cl)c23)cc1.Cl. The average molecular weight is 578 g/mol. The number of nitrogens with zero attached hydrogens (tertiary/aromatic N) is 3. The number of amides is 2. The van der Waals surface area contributed by atoms with Crippen LogP contribution in [-0.2, 0) is 13.0 Å². The van der Waals surface area contributed by atoms with Gasteiger partial charge >= 0.3 is 6.03 Å². The highest BCUT2D eigenvalue weighted by Gasteiger charge is 2.19. The van der Waals surface area contributed by atoms with Gasteiger partial charge in [0, 0.05) is 30.0 Å². The molecule has 0 unspecified atom stereocenters. The molecule has 10 heteroatoms. The van der Waals surface area contributed by atoms with Crippen molar-refractivity contribution in [2.45, 2.75) is 13.0 Å². The fourth-order valence-corrected chi connectivity index (χ4v) is 4.61. The zero-order valence-corrected chi connectivity index (χ0v) is 23.7. The van der Waals surface area contributed by atoms with Crippen LogP contribution in [0, 0.1) is 0 Å². The summed E-state index contributed by atoms with van der Waals surface area (Å²) in [7, 11) is 3.99. The second kappa shape index (κ2) is 13.3. The lowest BCUT2D eigenvalue weighted by molar-refractivity contribution is 0.262. The van der Waals surface area contributed by atoms with Crippen LogP contribution < -0.4 is 16.0 Å². The summed E-state index contributed by atoms with van der Waals surface area (Å²) in [5, 5.41) is 10.3. The van der Waals surface area contributed by atoms with Gasteiger partial charge in [0.25, 0.3) is 0 Å². The van der Waals surface area contributed by atoms with Gasteiger partial charge in [-0.2, -0.15) is 0 Å². The predicted octanol–water partition coefficient (Wildman–Crippen LogP) is 7.33. The minimum Gasteiger partial charge on any atom is -0.436 e. The lowest BCUT2D eigenvalue weighted by atomic mass is 10.1. The lowest BCUT2D eigenvalue weighted by Gasteiger charge is -2.15. The number of hydrogen-bond acceptors (Lipinski definition) is 6. The van der Waals surface area contributed by atoms with Gasteiger partial charge in [0.2, 0.25) is 5.71 Å². The molecule has 8 nitrogen and oxygen atoms in total. The molecule has 40 heavy (non-hydrogen) atoms. The van der Waals surface area contributed by atoms with E-state index in [2.05, 4.69) is 30.8 Å². The molecule has 0 fully saturated rings. The van der Waals surface area contributed by atoms with Crippen molar-refractivity contribution in [3.8, 4) is 11.3 Å². The molecular formula is C30H30Cl2N6O2. The molecule has 0 aliphatic heterocycles. The third-order valence-electron chi connectivity index (χ3n) is 6.14. The number of para-hydroxylation sites is 1. The van der Waals surface area contributed by atoms with Crippen molar-refractivity contribution in [1.29, 1.82) is 0 Å². The van der Waals surface area contributed by atoms with E-state index in [4.69, 9.17) is 16.0 Å². The van der Waals surface area contributed by atoms with Gasteiger partial charge in [0.15, 0.2) is 5.76 Å². The van der Waals surface area contributed by atoms with Crippen molar-refractivity contribution >= 4 is 58.3 Å². The van der Waals surface area contributed by atoms with Crippen molar-refractivity contribution in [3.63, 3.8) is 0 Å². The Kier molecular flexibility index (Phi) is 9.60. The molecule has 206 valence electrons. The van der Waals surface area contributed by atoms with Crippen LogP contribution in [0.2, 0.25) is 5.02 Å². The molecule has 0 bridgehead atoms. The van der Waals surface area contributed by atoms with Crippen molar-refractivity contribution < 1.29 is 9.21 Å². The molecule has 3 N–H and O–H groups in total. The first-order valence-electron chi connectivity index (χ1n) is 12.6. The van der Waals surface area contributed by atoms with Gasteiger partial charge in [-0.25, -0.2) is 14.8 Å². The molecule has 0 radical (unpaired) electrons. The van der Waals surface area contributed by atoms with E-state index in [-0.39, 0.29) is 18.4 Å². The van der Waals surface area contributed by atoms with Crippen molar-refractivity contribution in [3.05, 3.63) is 101 Å². The van der Waals surface area contributed by atoms with Gasteiger partial charge in [-0.1, -0.05) is 72.3 Å². The second-order valence-corrected chi connectivity index (χ2v) is 9.74. The molecule has 5 aromatic rings. The topological polar surface area (TPSA) is 95.3 Å². The number of nitrogens with one attached hydrogen (secondary N) is 3. The number of urea groups is 1. The van der Waals surface area contributed by atoms with E-state index in [9.17, 15) is 4.79 Å². The maximum atomic E-state index is 12.6. The van der Waals surface area contributed by atoms with Gasteiger partial charge in [-0.05, 0) is 49.8 Å². The summed E-state index contributed by atoms with van der Waals surface area (Å²) in [4.78, 5) is 23.3. The lowest BCUT2D eigenvalue weighted by Crippen LogP contribution is -2.21. The first-order chi connectivity index (χ1) is 19.0. The Bertz CT molecular complexity index is 1570. The number of hydrogen-bond donors (Lipinski definition) is 3. The van der Waals surface area contributed by atoms with Crippen LogP contribution in [0.4, 0.5) is 22.0 Å². The molecule has 3 aromatic carbocycles. The third-order valence-corrected chi connectivity index (χ3v) is 6.50.